The Morgan fingerprint density at radius 2 is 1.82 bits per heavy atom. The van der Waals surface area contributed by atoms with E-state index in [1.165, 1.54) is 0 Å². The number of rotatable bonds is 1. The lowest BCUT2D eigenvalue weighted by atomic mass is 9.94. The zero-order valence-electron chi connectivity index (χ0n) is 8.20. The Morgan fingerprint density at radius 3 is 2.35 bits per heavy atom. The van der Waals surface area contributed by atoms with E-state index < -0.39 is 44.5 Å². The number of ether oxygens (including phenoxy) is 1. The predicted octanol–water partition coefficient (Wildman–Crippen LogP) is -3.42. The topological polar surface area (TPSA) is 166 Å². The van der Waals surface area contributed by atoms with Gasteiger partial charge in [0.2, 0.25) is 0 Å². The minimum atomic E-state index is -4.86. The van der Waals surface area contributed by atoms with Gasteiger partial charge in [0.25, 0.3) is 5.79 Å². The van der Waals surface area contributed by atoms with Gasteiger partial charge in [0, 0.05) is 0 Å². The van der Waals surface area contributed by atoms with Gasteiger partial charge in [-0.3, -0.25) is 0 Å². The molecule has 0 saturated carbocycles. The molecular weight excluding hydrogens is 263 g/mol. The van der Waals surface area contributed by atoms with Crippen molar-refractivity contribution in [1.82, 2.24) is 0 Å². The fraction of sp³-hybridized carbons (Fsp3) is 1.00. The second-order valence-corrected chi connectivity index (χ2v) is 5.01. The van der Waals surface area contributed by atoms with E-state index in [-0.39, 0.29) is 0 Å². The zero-order chi connectivity index (χ0) is 13.1. The van der Waals surface area contributed by atoms with Crippen LogP contribution in [0.25, 0.3) is 0 Å². The summed E-state index contributed by atoms with van der Waals surface area (Å²) in [6.45, 7) is -0.838. The average Bonchev–Trinajstić information content (AvgIpc) is 2.39. The van der Waals surface area contributed by atoms with Crippen LogP contribution in [0.5, 0.6) is 0 Å². The Labute approximate surface area is 94.2 Å². The summed E-state index contributed by atoms with van der Waals surface area (Å²) in [5, 5.41) is 47.1. The van der Waals surface area contributed by atoms with E-state index in [1.807, 2.05) is 0 Å². The molecule has 2 saturated heterocycles. The van der Waals surface area contributed by atoms with Crippen LogP contribution in [0.2, 0.25) is 0 Å². The number of phosphoric ester groups is 1. The van der Waals surface area contributed by atoms with E-state index in [9.17, 15) is 25.0 Å². The summed E-state index contributed by atoms with van der Waals surface area (Å²) in [6.07, 6.45) is -5.61. The third-order valence-corrected chi connectivity index (χ3v) is 3.53. The molecule has 2 aliphatic heterocycles. The highest BCUT2D eigenvalue weighted by atomic mass is 31.2. The molecule has 2 aliphatic rings. The van der Waals surface area contributed by atoms with Crippen molar-refractivity contribution in [3.63, 3.8) is 0 Å². The SMILES string of the molecule is O=P1(O)OC2(O)O[C@H](CO)[C@@H](O)[C@H](O)[C@@]2(O)O1. The van der Waals surface area contributed by atoms with Gasteiger partial charge in [-0.1, -0.05) is 0 Å². The van der Waals surface area contributed by atoms with Gasteiger partial charge >= 0.3 is 13.8 Å². The molecule has 0 radical (unpaired) electrons. The lowest BCUT2D eigenvalue weighted by molar-refractivity contribution is -0.475. The Hall–Kier alpha value is -0.130. The highest BCUT2D eigenvalue weighted by Gasteiger charge is 2.75. The maximum atomic E-state index is 11.1. The van der Waals surface area contributed by atoms with Crippen LogP contribution in [0.3, 0.4) is 0 Å². The van der Waals surface area contributed by atoms with Crippen LogP contribution >= 0.6 is 7.82 Å². The van der Waals surface area contributed by atoms with E-state index >= 15 is 0 Å². The molecule has 100 valence electrons. The zero-order valence-corrected chi connectivity index (χ0v) is 9.10. The molecule has 0 spiro atoms. The first-order valence-electron chi connectivity index (χ1n) is 4.49. The fourth-order valence-electron chi connectivity index (χ4n) is 1.68. The first kappa shape index (κ1) is 13.3. The van der Waals surface area contributed by atoms with Crippen LogP contribution < -0.4 is 0 Å². The summed E-state index contributed by atoms with van der Waals surface area (Å²) in [5.74, 6) is -6.30. The summed E-state index contributed by atoms with van der Waals surface area (Å²) in [6, 6.07) is 0. The molecule has 2 unspecified atom stereocenters. The van der Waals surface area contributed by atoms with Crippen LogP contribution in [-0.4, -0.2) is 67.1 Å². The largest absolute Gasteiger partial charge is 0.479 e. The second-order valence-electron chi connectivity index (χ2n) is 3.70. The van der Waals surface area contributed by atoms with Crippen LogP contribution in [0.15, 0.2) is 0 Å². The van der Waals surface area contributed by atoms with Crippen molar-refractivity contribution in [1.29, 1.82) is 0 Å². The van der Waals surface area contributed by atoms with E-state index in [2.05, 4.69) is 13.8 Å². The van der Waals surface area contributed by atoms with Crippen molar-refractivity contribution in [2.75, 3.05) is 6.61 Å². The van der Waals surface area contributed by atoms with Gasteiger partial charge in [-0.05, 0) is 0 Å². The van der Waals surface area contributed by atoms with E-state index in [0.717, 1.165) is 0 Å². The van der Waals surface area contributed by atoms with Gasteiger partial charge < -0.3 is 35.2 Å². The molecular formula is C6H11O10P. The molecule has 2 fully saturated rings. The first-order chi connectivity index (χ1) is 7.65. The third-order valence-electron chi connectivity index (χ3n) is 2.54. The average molecular weight is 274 g/mol. The first-order valence-corrected chi connectivity index (χ1v) is 5.98. The Bertz CT molecular complexity index is 374. The Kier molecular flexibility index (Phi) is 2.88. The maximum Gasteiger partial charge on any atom is 0.479 e. The molecule has 2 rings (SSSR count). The molecule has 6 atom stereocenters. The summed E-state index contributed by atoms with van der Waals surface area (Å²) in [7, 11) is -4.86. The fourth-order valence-corrected chi connectivity index (χ4v) is 2.77. The molecule has 0 aromatic carbocycles. The van der Waals surface area contributed by atoms with Crippen molar-refractivity contribution in [3.8, 4) is 0 Å². The highest BCUT2D eigenvalue weighted by Crippen LogP contribution is 2.62. The molecule has 11 heteroatoms. The molecule has 17 heavy (non-hydrogen) atoms. The standard InChI is InChI=1S/C6H11O10P/c7-1-2-3(8)4(9)5(10)6(11,14-2)16-17(12,13)15-5/h2-4,7-11H,1H2,(H,12,13)/t2-,3-,4+,5-,6?/m1/s1. The molecule has 6 N–H and O–H groups in total. The number of fused-ring (bicyclic) bond motifs is 1. The summed E-state index contributed by atoms with van der Waals surface area (Å²) >= 11 is 0. The molecule has 0 aliphatic carbocycles. The molecule has 2 heterocycles. The predicted molar refractivity (Wildman–Crippen MR) is 45.9 cm³/mol. The molecule has 0 aromatic rings. The molecule has 0 amide bonds. The van der Waals surface area contributed by atoms with E-state index in [0.29, 0.717) is 0 Å². The van der Waals surface area contributed by atoms with Crippen molar-refractivity contribution < 1.29 is 48.8 Å². The van der Waals surface area contributed by atoms with Crippen molar-refractivity contribution in [2.24, 2.45) is 0 Å². The lowest BCUT2D eigenvalue weighted by Crippen LogP contribution is -2.71. The maximum absolute atomic E-state index is 11.1. The van der Waals surface area contributed by atoms with Crippen LogP contribution in [0.4, 0.5) is 0 Å². The molecule has 0 bridgehead atoms. The van der Waals surface area contributed by atoms with Gasteiger partial charge in [0.1, 0.15) is 18.3 Å². The summed E-state index contributed by atoms with van der Waals surface area (Å²) in [5.41, 5.74) is 0. The smallest absolute Gasteiger partial charge is 0.394 e. The van der Waals surface area contributed by atoms with Gasteiger partial charge in [0.15, 0.2) is 0 Å². The third kappa shape index (κ3) is 1.74. The minimum Gasteiger partial charge on any atom is -0.394 e. The number of aliphatic hydroxyl groups excluding tert-OH is 3. The number of hydrogen-bond donors (Lipinski definition) is 6. The summed E-state index contributed by atoms with van der Waals surface area (Å²) < 4.78 is 23.8. The molecule has 0 aromatic heterocycles. The monoisotopic (exact) mass is 274 g/mol. The normalized spacial score (nSPS) is 59.1. The van der Waals surface area contributed by atoms with Gasteiger partial charge in [-0.25, -0.2) is 13.6 Å². The Balaban J connectivity index is 2.41. The number of hydrogen-bond acceptors (Lipinski definition) is 9. The molecule has 10 nitrogen and oxygen atoms in total. The van der Waals surface area contributed by atoms with Crippen LogP contribution in [0.1, 0.15) is 0 Å². The van der Waals surface area contributed by atoms with Crippen molar-refractivity contribution in [3.05, 3.63) is 0 Å². The van der Waals surface area contributed by atoms with E-state index in [4.69, 9.17) is 10.00 Å². The quantitative estimate of drug-likeness (QED) is 0.265. The highest BCUT2D eigenvalue weighted by molar-refractivity contribution is 7.47. The van der Waals surface area contributed by atoms with Gasteiger partial charge in [-0.2, -0.15) is 0 Å². The number of phosphoric acid groups is 1. The van der Waals surface area contributed by atoms with Crippen molar-refractivity contribution in [2.45, 2.75) is 30.1 Å². The van der Waals surface area contributed by atoms with Gasteiger partial charge in [0.05, 0.1) is 6.61 Å². The van der Waals surface area contributed by atoms with Crippen LogP contribution in [0, 0.1) is 0 Å². The van der Waals surface area contributed by atoms with E-state index in [1.54, 1.807) is 0 Å². The Morgan fingerprint density at radius 1 is 1.24 bits per heavy atom. The minimum absolute atomic E-state index is 0.838. The summed E-state index contributed by atoms with van der Waals surface area (Å²) in [4.78, 5) is 8.97. The van der Waals surface area contributed by atoms with Gasteiger partial charge in [-0.15, -0.1) is 0 Å². The van der Waals surface area contributed by atoms with Crippen molar-refractivity contribution >= 4 is 7.82 Å². The number of aliphatic hydroxyl groups is 5. The van der Waals surface area contributed by atoms with Crippen LogP contribution in [-0.2, 0) is 18.3 Å². The lowest BCUT2D eigenvalue weighted by Gasteiger charge is -2.45. The second kappa shape index (κ2) is 3.68.